The monoisotopic (exact) mass is 247 g/mol. The average Bonchev–Trinajstić information content (AvgIpc) is 2.72. The zero-order valence-electron chi connectivity index (χ0n) is 8.96. The molecule has 0 saturated heterocycles. The molecule has 0 aliphatic carbocycles. The van der Waals surface area contributed by atoms with Crippen LogP contribution in [0.3, 0.4) is 0 Å². The first-order valence-electron chi connectivity index (χ1n) is 5.18. The van der Waals surface area contributed by atoms with Crippen LogP contribution in [-0.4, -0.2) is 13.0 Å². The number of hydrogen-bond donors (Lipinski definition) is 1. The van der Waals surface area contributed by atoms with Crippen LogP contribution >= 0.6 is 0 Å². The van der Waals surface area contributed by atoms with Gasteiger partial charge in [0.1, 0.15) is 0 Å². The SMILES string of the molecule is N[C@@H](CCC(F)(F)F)c1cccc2c1OCO2. The van der Waals surface area contributed by atoms with Crippen LogP contribution in [0.2, 0.25) is 0 Å². The first kappa shape index (κ1) is 12.0. The molecule has 0 saturated carbocycles. The molecule has 94 valence electrons. The van der Waals surface area contributed by atoms with E-state index in [1.165, 1.54) is 0 Å². The minimum Gasteiger partial charge on any atom is -0.454 e. The van der Waals surface area contributed by atoms with E-state index in [1.54, 1.807) is 18.2 Å². The van der Waals surface area contributed by atoms with Gasteiger partial charge < -0.3 is 15.2 Å². The van der Waals surface area contributed by atoms with Gasteiger partial charge in [-0.15, -0.1) is 0 Å². The second-order valence-corrected chi connectivity index (χ2v) is 3.84. The van der Waals surface area contributed by atoms with E-state index >= 15 is 0 Å². The summed E-state index contributed by atoms with van der Waals surface area (Å²) in [7, 11) is 0. The van der Waals surface area contributed by atoms with Crippen molar-refractivity contribution >= 4 is 0 Å². The maximum atomic E-state index is 12.1. The molecule has 0 unspecified atom stereocenters. The number of rotatable bonds is 3. The molecule has 1 aliphatic rings. The summed E-state index contributed by atoms with van der Waals surface area (Å²) in [5.74, 6) is 0.993. The van der Waals surface area contributed by atoms with Crippen molar-refractivity contribution < 1.29 is 22.6 Å². The standard InChI is InChI=1S/C11H12F3NO2/c12-11(13,14)5-4-8(15)7-2-1-3-9-10(7)17-6-16-9/h1-3,8H,4-6,15H2/t8-/m0/s1. The fourth-order valence-electron chi connectivity index (χ4n) is 1.72. The van der Waals surface area contributed by atoms with Crippen molar-refractivity contribution in [1.82, 2.24) is 0 Å². The average molecular weight is 247 g/mol. The second kappa shape index (κ2) is 4.44. The van der Waals surface area contributed by atoms with E-state index in [9.17, 15) is 13.2 Å². The highest BCUT2D eigenvalue weighted by molar-refractivity contribution is 5.49. The summed E-state index contributed by atoms with van der Waals surface area (Å²) in [6.45, 7) is 0.0817. The summed E-state index contributed by atoms with van der Waals surface area (Å²) in [5.41, 5.74) is 6.30. The molecule has 0 bridgehead atoms. The van der Waals surface area contributed by atoms with Gasteiger partial charge in [-0.2, -0.15) is 13.2 Å². The molecule has 17 heavy (non-hydrogen) atoms. The number of alkyl halides is 3. The van der Waals surface area contributed by atoms with Gasteiger partial charge in [-0.1, -0.05) is 12.1 Å². The number of nitrogens with two attached hydrogens (primary N) is 1. The van der Waals surface area contributed by atoms with E-state index in [1.807, 2.05) is 0 Å². The third kappa shape index (κ3) is 2.82. The lowest BCUT2D eigenvalue weighted by Crippen LogP contribution is -2.16. The van der Waals surface area contributed by atoms with Crippen molar-refractivity contribution in [3.63, 3.8) is 0 Å². The van der Waals surface area contributed by atoms with Crippen molar-refractivity contribution in [1.29, 1.82) is 0 Å². The highest BCUT2D eigenvalue weighted by atomic mass is 19.4. The van der Waals surface area contributed by atoms with Crippen LogP contribution in [0.5, 0.6) is 11.5 Å². The maximum Gasteiger partial charge on any atom is 0.389 e. The van der Waals surface area contributed by atoms with Crippen LogP contribution in [0.25, 0.3) is 0 Å². The Kier molecular flexibility index (Phi) is 3.15. The van der Waals surface area contributed by atoms with Crippen LogP contribution in [-0.2, 0) is 0 Å². The lowest BCUT2D eigenvalue weighted by molar-refractivity contribution is -0.136. The number of ether oxygens (including phenoxy) is 2. The molecular weight excluding hydrogens is 235 g/mol. The zero-order chi connectivity index (χ0) is 12.5. The minimum absolute atomic E-state index is 0.0817. The highest BCUT2D eigenvalue weighted by Crippen LogP contribution is 2.39. The summed E-state index contributed by atoms with van der Waals surface area (Å²) >= 11 is 0. The highest BCUT2D eigenvalue weighted by Gasteiger charge is 2.29. The number of para-hydroxylation sites is 1. The Labute approximate surface area is 96.3 Å². The normalized spacial score (nSPS) is 16.0. The number of fused-ring (bicyclic) bond motifs is 1. The first-order valence-corrected chi connectivity index (χ1v) is 5.18. The Balaban J connectivity index is 2.10. The molecule has 0 radical (unpaired) electrons. The van der Waals surface area contributed by atoms with Crippen LogP contribution in [0.4, 0.5) is 13.2 Å². The van der Waals surface area contributed by atoms with Gasteiger partial charge in [0.2, 0.25) is 6.79 Å². The molecule has 0 aromatic heterocycles. The van der Waals surface area contributed by atoms with Gasteiger partial charge in [-0.05, 0) is 12.5 Å². The lowest BCUT2D eigenvalue weighted by Gasteiger charge is -2.15. The largest absolute Gasteiger partial charge is 0.454 e. The van der Waals surface area contributed by atoms with Gasteiger partial charge in [0.05, 0.1) is 0 Å². The van der Waals surface area contributed by atoms with Crippen LogP contribution in [0.1, 0.15) is 24.4 Å². The summed E-state index contributed by atoms with van der Waals surface area (Å²) in [6, 6.07) is 4.35. The molecule has 0 spiro atoms. The molecule has 6 heteroatoms. The quantitative estimate of drug-likeness (QED) is 0.893. The van der Waals surface area contributed by atoms with Crippen molar-refractivity contribution in [2.24, 2.45) is 5.73 Å². The van der Waals surface area contributed by atoms with Gasteiger partial charge in [0, 0.05) is 18.0 Å². The fourth-order valence-corrected chi connectivity index (χ4v) is 1.72. The summed E-state index contributed by atoms with van der Waals surface area (Å²) in [5, 5.41) is 0. The number of benzene rings is 1. The third-order valence-corrected chi connectivity index (χ3v) is 2.57. The Hall–Kier alpha value is -1.43. The van der Waals surface area contributed by atoms with Gasteiger partial charge >= 0.3 is 6.18 Å². The smallest absolute Gasteiger partial charge is 0.389 e. The first-order chi connectivity index (χ1) is 7.97. The molecule has 0 fully saturated rings. The fraction of sp³-hybridized carbons (Fsp3) is 0.455. The van der Waals surface area contributed by atoms with Crippen LogP contribution in [0.15, 0.2) is 18.2 Å². The third-order valence-electron chi connectivity index (χ3n) is 2.57. The molecule has 2 N–H and O–H groups in total. The van der Waals surface area contributed by atoms with Crippen molar-refractivity contribution in [3.05, 3.63) is 23.8 Å². The van der Waals surface area contributed by atoms with Gasteiger partial charge in [-0.3, -0.25) is 0 Å². The van der Waals surface area contributed by atoms with E-state index in [0.29, 0.717) is 17.1 Å². The van der Waals surface area contributed by atoms with Crippen LogP contribution in [0, 0.1) is 0 Å². The topological polar surface area (TPSA) is 44.5 Å². The lowest BCUT2D eigenvalue weighted by atomic mass is 10.0. The van der Waals surface area contributed by atoms with E-state index < -0.39 is 18.6 Å². The number of hydrogen-bond acceptors (Lipinski definition) is 3. The minimum atomic E-state index is -4.19. The van der Waals surface area contributed by atoms with E-state index in [4.69, 9.17) is 15.2 Å². The Morgan fingerprint density at radius 1 is 1.29 bits per heavy atom. The Morgan fingerprint density at radius 2 is 2.06 bits per heavy atom. The molecule has 2 rings (SSSR count). The molecule has 0 amide bonds. The Bertz CT molecular complexity index is 406. The van der Waals surface area contributed by atoms with E-state index in [2.05, 4.69) is 0 Å². The summed E-state index contributed by atoms with van der Waals surface area (Å²) in [6.07, 6.45) is -5.26. The van der Waals surface area contributed by atoms with Gasteiger partial charge in [0.25, 0.3) is 0 Å². The molecule has 1 aromatic rings. The van der Waals surface area contributed by atoms with Gasteiger partial charge in [-0.25, -0.2) is 0 Å². The molecule has 1 aromatic carbocycles. The van der Waals surface area contributed by atoms with Gasteiger partial charge in [0.15, 0.2) is 11.5 Å². The van der Waals surface area contributed by atoms with Crippen molar-refractivity contribution in [2.45, 2.75) is 25.1 Å². The molecule has 1 aliphatic heterocycles. The summed E-state index contributed by atoms with van der Waals surface area (Å²) < 4.78 is 46.6. The predicted molar refractivity (Wildman–Crippen MR) is 54.8 cm³/mol. The molecule has 3 nitrogen and oxygen atoms in total. The maximum absolute atomic E-state index is 12.1. The zero-order valence-corrected chi connectivity index (χ0v) is 8.96. The second-order valence-electron chi connectivity index (χ2n) is 3.84. The molecule has 1 atom stereocenters. The van der Waals surface area contributed by atoms with Crippen LogP contribution < -0.4 is 15.2 Å². The van der Waals surface area contributed by atoms with Crippen molar-refractivity contribution in [2.75, 3.05) is 6.79 Å². The van der Waals surface area contributed by atoms with E-state index in [0.717, 1.165) is 0 Å². The molecule has 1 heterocycles. The molecular formula is C11H12F3NO2. The summed E-state index contributed by atoms with van der Waals surface area (Å²) in [4.78, 5) is 0. The number of halogens is 3. The predicted octanol–water partition coefficient (Wildman–Crippen LogP) is 2.76. The Morgan fingerprint density at radius 3 is 2.76 bits per heavy atom. The van der Waals surface area contributed by atoms with Crippen molar-refractivity contribution in [3.8, 4) is 11.5 Å². The van der Waals surface area contributed by atoms with E-state index in [-0.39, 0.29) is 13.2 Å².